The Balaban J connectivity index is 1.79. The molecule has 0 bridgehead atoms. The fraction of sp³-hybridized carbons (Fsp3) is 0.318. The molecule has 1 aromatic carbocycles. The highest BCUT2D eigenvalue weighted by atomic mass is 32.2. The van der Waals surface area contributed by atoms with Crippen molar-refractivity contribution in [3.63, 3.8) is 0 Å². The van der Waals surface area contributed by atoms with E-state index in [1.54, 1.807) is 35.6 Å². The molecule has 0 amide bonds. The Labute approximate surface area is 190 Å². The average Bonchev–Trinajstić information content (AvgIpc) is 3.33. The van der Waals surface area contributed by atoms with Crippen LogP contribution < -0.4 is 5.56 Å². The summed E-state index contributed by atoms with van der Waals surface area (Å²) in [5, 5.41) is 4.56. The van der Waals surface area contributed by atoms with E-state index >= 15 is 0 Å². The van der Waals surface area contributed by atoms with Crippen molar-refractivity contribution in [3.05, 3.63) is 63.5 Å². The Hall–Kier alpha value is -2.82. The molecule has 0 fully saturated rings. The Morgan fingerprint density at radius 1 is 1.09 bits per heavy atom. The van der Waals surface area contributed by atoms with Crippen molar-refractivity contribution in [1.29, 1.82) is 0 Å². The van der Waals surface area contributed by atoms with Crippen LogP contribution in [-0.4, -0.2) is 46.1 Å². The minimum atomic E-state index is -3.57. The zero-order valence-corrected chi connectivity index (χ0v) is 20.1. The Bertz CT molecular complexity index is 1450. The maximum Gasteiger partial charge on any atom is 0.267 e. The quantitative estimate of drug-likeness (QED) is 0.412. The lowest BCUT2D eigenvalue weighted by atomic mass is 10.3. The molecule has 0 saturated heterocycles. The Kier molecular flexibility index (Phi) is 6.02. The molecule has 0 atom stereocenters. The zero-order valence-electron chi connectivity index (χ0n) is 18.4. The lowest BCUT2D eigenvalue weighted by molar-refractivity contribution is 0.521. The molecule has 0 saturated carbocycles. The van der Waals surface area contributed by atoms with Crippen LogP contribution in [0.3, 0.4) is 0 Å². The van der Waals surface area contributed by atoms with E-state index in [1.165, 1.54) is 34.0 Å². The van der Waals surface area contributed by atoms with E-state index in [0.29, 0.717) is 17.9 Å². The molecule has 4 rings (SSSR count). The number of rotatable bonds is 7. The molecule has 3 aromatic heterocycles. The van der Waals surface area contributed by atoms with Gasteiger partial charge < -0.3 is 4.57 Å². The molecular weight excluding hydrogens is 446 g/mol. The summed E-state index contributed by atoms with van der Waals surface area (Å²) < 4.78 is 29.7. The number of nitrogens with zero attached hydrogens (tertiary/aromatic N) is 5. The first-order chi connectivity index (χ1) is 15.2. The number of aryl methyl sites for hydroxylation is 2. The summed E-state index contributed by atoms with van der Waals surface area (Å²) >= 11 is 1.62. The largest absolute Gasteiger partial charge is 0.326 e. The highest BCUT2D eigenvalue weighted by Gasteiger charge is 2.20. The van der Waals surface area contributed by atoms with E-state index in [4.69, 9.17) is 4.98 Å². The minimum absolute atomic E-state index is 0.188. The standard InChI is InChI=1S/C22H25N5O3S2/c1-5-12-26-19-9-7-16(32(29,30)25(3)4)13-18(19)23-21(26)14-27-22(28)11-8-17(24-27)20-10-6-15(2)31-20/h6-11,13H,5,12,14H2,1-4H3. The van der Waals surface area contributed by atoms with E-state index in [2.05, 4.69) is 12.0 Å². The van der Waals surface area contributed by atoms with Crippen molar-refractivity contribution in [1.82, 2.24) is 23.6 Å². The van der Waals surface area contributed by atoms with Gasteiger partial charge in [0.1, 0.15) is 18.1 Å². The Morgan fingerprint density at radius 3 is 2.53 bits per heavy atom. The van der Waals surface area contributed by atoms with Gasteiger partial charge in [0, 0.05) is 31.6 Å². The first-order valence-electron chi connectivity index (χ1n) is 10.3. The summed E-state index contributed by atoms with van der Waals surface area (Å²) in [6, 6.07) is 12.2. The monoisotopic (exact) mass is 471 g/mol. The predicted molar refractivity (Wildman–Crippen MR) is 127 cm³/mol. The van der Waals surface area contributed by atoms with Crippen LogP contribution in [0.25, 0.3) is 21.6 Å². The molecule has 0 spiro atoms. The molecule has 0 N–H and O–H groups in total. The van der Waals surface area contributed by atoms with Gasteiger partial charge in [-0.1, -0.05) is 6.92 Å². The average molecular weight is 472 g/mol. The van der Waals surface area contributed by atoms with Crippen LogP contribution in [0.5, 0.6) is 0 Å². The van der Waals surface area contributed by atoms with Crippen LogP contribution in [0.4, 0.5) is 0 Å². The lowest BCUT2D eigenvalue weighted by Gasteiger charge is -2.11. The van der Waals surface area contributed by atoms with Crippen molar-refractivity contribution in [2.24, 2.45) is 0 Å². The molecule has 0 radical (unpaired) electrons. The summed E-state index contributed by atoms with van der Waals surface area (Å²) in [4.78, 5) is 19.6. The third-order valence-electron chi connectivity index (χ3n) is 5.18. The van der Waals surface area contributed by atoms with E-state index in [0.717, 1.165) is 22.5 Å². The third kappa shape index (κ3) is 4.13. The van der Waals surface area contributed by atoms with Gasteiger partial charge in [0.25, 0.3) is 5.56 Å². The number of fused-ring (bicyclic) bond motifs is 1. The van der Waals surface area contributed by atoms with Crippen LogP contribution in [0, 0.1) is 6.92 Å². The normalized spacial score (nSPS) is 12.2. The molecule has 3 heterocycles. The molecule has 32 heavy (non-hydrogen) atoms. The van der Waals surface area contributed by atoms with Crippen molar-refractivity contribution in [2.75, 3.05) is 14.1 Å². The summed E-state index contributed by atoms with van der Waals surface area (Å²) in [5.74, 6) is 0.662. The highest BCUT2D eigenvalue weighted by molar-refractivity contribution is 7.89. The second-order valence-electron chi connectivity index (χ2n) is 7.74. The van der Waals surface area contributed by atoms with Crippen molar-refractivity contribution < 1.29 is 8.42 Å². The van der Waals surface area contributed by atoms with Crippen LogP contribution in [0.2, 0.25) is 0 Å². The van der Waals surface area contributed by atoms with Gasteiger partial charge in [0.15, 0.2) is 0 Å². The second-order valence-corrected chi connectivity index (χ2v) is 11.2. The highest BCUT2D eigenvalue weighted by Crippen LogP contribution is 2.26. The number of aromatic nitrogens is 4. The number of benzene rings is 1. The number of imidazole rings is 1. The molecule has 0 aliphatic rings. The van der Waals surface area contributed by atoms with Crippen LogP contribution >= 0.6 is 11.3 Å². The van der Waals surface area contributed by atoms with Gasteiger partial charge in [-0.15, -0.1) is 11.3 Å². The van der Waals surface area contributed by atoms with E-state index in [-0.39, 0.29) is 17.0 Å². The van der Waals surface area contributed by atoms with E-state index in [1.807, 2.05) is 23.6 Å². The SMILES string of the molecule is CCCn1c(Cn2nc(-c3ccc(C)s3)ccc2=O)nc2cc(S(=O)(=O)N(C)C)ccc21. The van der Waals surface area contributed by atoms with Gasteiger partial charge in [-0.25, -0.2) is 22.4 Å². The molecule has 0 aliphatic heterocycles. The Morgan fingerprint density at radius 2 is 1.88 bits per heavy atom. The third-order valence-corrected chi connectivity index (χ3v) is 8.01. The van der Waals surface area contributed by atoms with Gasteiger partial charge in [-0.2, -0.15) is 5.10 Å². The van der Waals surface area contributed by atoms with Gasteiger partial charge in [-0.05, 0) is 49.7 Å². The van der Waals surface area contributed by atoms with Crippen molar-refractivity contribution in [2.45, 2.75) is 38.3 Å². The fourth-order valence-corrected chi connectivity index (χ4v) is 5.28. The number of sulfonamides is 1. The zero-order chi connectivity index (χ0) is 23.0. The first kappa shape index (κ1) is 22.4. The molecule has 4 aromatic rings. The van der Waals surface area contributed by atoms with Crippen molar-refractivity contribution >= 4 is 32.4 Å². The van der Waals surface area contributed by atoms with Crippen LogP contribution in [0.1, 0.15) is 24.0 Å². The molecule has 0 unspecified atom stereocenters. The summed E-state index contributed by atoms with van der Waals surface area (Å²) in [7, 11) is -0.565. The number of hydrogen-bond donors (Lipinski definition) is 0. The second kappa shape index (κ2) is 8.61. The molecule has 168 valence electrons. The van der Waals surface area contributed by atoms with Crippen molar-refractivity contribution in [3.8, 4) is 10.6 Å². The summed E-state index contributed by atoms with van der Waals surface area (Å²) in [5.41, 5.74) is 1.93. The van der Waals surface area contributed by atoms with Gasteiger partial charge in [0.2, 0.25) is 10.0 Å². The lowest BCUT2D eigenvalue weighted by Crippen LogP contribution is -2.24. The van der Waals surface area contributed by atoms with E-state index < -0.39 is 10.0 Å². The summed E-state index contributed by atoms with van der Waals surface area (Å²) in [6.07, 6.45) is 0.868. The van der Waals surface area contributed by atoms with E-state index in [9.17, 15) is 13.2 Å². The van der Waals surface area contributed by atoms with Gasteiger partial charge in [-0.3, -0.25) is 4.79 Å². The summed E-state index contributed by atoms with van der Waals surface area (Å²) in [6.45, 7) is 4.98. The van der Waals surface area contributed by atoms with Gasteiger partial charge >= 0.3 is 0 Å². The topological polar surface area (TPSA) is 90.1 Å². The minimum Gasteiger partial charge on any atom is -0.326 e. The molecule has 0 aliphatic carbocycles. The van der Waals surface area contributed by atoms with Gasteiger partial charge in [0.05, 0.1) is 20.8 Å². The van der Waals surface area contributed by atoms with Crippen LogP contribution in [0.15, 0.2) is 52.2 Å². The molecular formula is C22H25N5O3S2. The predicted octanol–water partition coefficient (Wildman–Crippen LogP) is 3.34. The fourth-order valence-electron chi connectivity index (χ4n) is 3.52. The maximum atomic E-state index is 12.5. The molecule has 8 nitrogen and oxygen atoms in total. The smallest absolute Gasteiger partial charge is 0.267 e. The maximum absolute atomic E-state index is 12.5. The van der Waals surface area contributed by atoms with Crippen LogP contribution in [-0.2, 0) is 23.1 Å². The number of hydrogen-bond acceptors (Lipinski definition) is 6. The first-order valence-corrected chi connectivity index (χ1v) is 12.5. The number of thiophene rings is 1. The molecule has 10 heteroatoms.